The molecule has 0 unspecified atom stereocenters. The molecule has 6 nitrogen and oxygen atoms in total. The number of carbonyl (C=O) groups is 2. The Hall–Kier alpha value is -2.08. The molecule has 0 spiro atoms. The van der Waals surface area contributed by atoms with E-state index in [1.165, 1.54) is 6.42 Å². The average molecular weight is 330 g/mol. The van der Waals surface area contributed by atoms with Crippen molar-refractivity contribution >= 4 is 17.6 Å². The topological polar surface area (TPSA) is 64.7 Å². The summed E-state index contributed by atoms with van der Waals surface area (Å²) in [7, 11) is 0. The number of anilines is 1. The highest BCUT2D eigenvalue weighted by Gasteiger charge is 2.31. The van der Waals surface area contributed by atoms with Crippen molar-refractivity contribution in [2.75, 3.05) is 31.1 Å². The highest BCUT2D eigenvalue weighted by atomic mass is 16.2. The Bertz CT molecular complexity index is 578. The van der Waals surface area contributed by atoms with Crippen molar-refractivity contribution in [1.29, 1.82) is 0 Å². The standard InChI is InChI=1S/C18H26N4O2/c1-2-21-10-6-9-16(21)12-19-18(24)20-14-11-17(23)22(13-14)15-7-4-3-5-8-15/h3-5,7-8,14,16H,2,6,9-13H2,1H3,(H2,19,20,24)/t14-,16-/m1/s1. The third kappa shape index (κ3) is 3.87. The zero-order valence-electron chi connectivity index (χ0n) is 14.2. The van der Waals surface area contributed by atoms with Gasteiger partial charge in [-0.3, -0.25) is 9.69 Å². The molecule has 6 heteroatoms. The molecule has 3 amide bonds. The number of nitrogens with one attached hydrogen (secondary N) is 2. The number of hydrogen-bond donors (Lipinski definition) is 2. The van der Waals surface area contributed by atoms with E-state index in [0.29, 0.717) is 25.6 Å². The molecule has 2 saturated heterocycles. The molecular weight excluding hydrogens is 304 g/mol. The van der Waals surface area contributed by atoms with E-state index in [-0.39, 0.29) is 18.0 Å². The summed E-state index contributed by atoms with van der Waals surface area (Å²) in [6.45, 7) is 5.50. The first-order valence-electron chi connectivity index (χ1n) is 8.81. The third-order valence-corrected chi connectivity index (χ3v) is 4.93. The van der Waals surface area contributed by atoms with Crippen LogP contribution in [0.2, 0.25) is 0 Å². The van der Waals surface area contributed by atoms with Crippen molar-refractivity contribution in [2.45, 2.75) is 38.3 Å². The molecule has 0 aromatic heterocycles. The van der Waals surface area contributed by atoms with E-state index in [1.54, 1.807) is 4.90 Å². The Morgan fingerprint density at radius 3 is 2.83 bits per heavy atom. The van der Waals surface area contributed by atoms with Crippen LogP contribution in [-0.4, -0.2) is 55.1 Å². The Balaban J connectivity index is 1.46. The van der Waals surface area contributed by atoms with Gasteiger partial charge in [-0.25, -0.2) is 4.79 Å². The minimum atomic E-state index is -0.175. The number of para-hydroxylation sites is 1. The van der Waals surface area contributed by atoms with E-state index >= 15 is 0 Å². The first kappa shape index (κ1) is 16.8. The molecule has 1 aromatic carbocycles. The molecular formula is C18H26N4O2. The van der Waals surface area contributed by atoms with Crippen LogP contribution in [0.25, 0.3) is 0 Å². The first-order valence-corrected chi connectivity index (χ1v) is 8.81. The molecule has 2 N–H and O–H groups in total. The minimum absolute atomic E-state index is 0.0550. The zero-order valence-corrected chi connectivity index (χ0v) is 14.2. The van der Waals surface area contributed by atoms with Crippen LogP contribution in [0, 0.1) is 0 Å². The van der Waals surface area contributed by atoms with Crippen LogP contribution in [0.15, 0.2) is 30.3 Å². The van der Waals surface area contributed by atoms with Crippen molar-refractivity contribution in [3.63, 3.8) is 0 Å². The smallest absolute Gasteiger partial charge is 0.315 e. The first-order chi connectivity index (χ1) is 11.7. The summed E-state index contributed by atoms with van der Waals surface area (Å²) in [6.07, 6.45) is 2.69. The monoisotopic (exact) mass is 330 g/mol. The van der Waals surface area contributed by atoms with Gasteiger partial charge in [0.05, 0.1) is 6.04 Å². The quantitative estimate of drug-likeness (QED) is 0.861. The molecule has 0 saturated carbocycles. The fraction of sp³-hybridized carbons (Fsp3) is 0.556. The van der Waals surface area contributed by atoms with Crippen LogP contribution in [-0.2, 0) is 4.79 Å². The van der Waals surface area contributed by atoms with Gasteiger partial charge in [0, 0.05) is 31.2 Å². The van der Waals surface area contributed by atoms with Crippen molar-refractivity contribution < 1.29 is 9.59 Å². The largest absolute Gasteiger partial charge is 0.337 e. The average Bonchev–Trinajstić information content (AvgIpc) is 3.19. The van der Waals surface area contributed by atoms with E-state index in [1.807, 2.05) is 30.3 Å². The molecule has 0 bridgehead atoms. The summed E-state index contributed by atoms with van der Waals surface area (Å²) in [4.78, 5) is 28.4. The van der Waals surface area contributed by atoms with Crippen LogP contribution >= 0.6 is 0 Å². The van der Waals surface area contributed by atoms with Crippen LogP contribution in [0.4, 0.5) is 10.5 Å². The Kier molecular flexibility index (Phi) is 5.35. The maximum atomic E-state index is 12.2. The number of carbonyl (C=O) groups excluding carboxylic acids is 2. The van der Waals surface area contributed by atoms with Gasteiger partial charge < -0.3 is 15.5 Å². The molecule has 3 rings (SSSR count). The van der Waals surface area contributed by atoms with Gasteiger partial charge in [-0.05, 0) is 38.1 Å². The van der Waals surface area contributed by atoms with Gasteiger partial charge in [0.1, 0.15) is 0 Å². The highest BCUT2D eigenvalue weighted by Crippen LogP contribution is 2.21. The molecule has 2 aliphatic rings. The summed E-state index contributed by atoms with van der Waals surface area (Å²) < 4.78 is 0. The van der Waals surface area contributed by atoms with Crippen LogP contribution < -0.4 is 15.5 Å². The van der Waals surface area contributed by atoms with Gasteiger partial charge >= 0.3 is 6.03 Å². The van der Waals surface area contributed by atoms with E-state index < -0.39 is 0 Å². The molecule has 24 heavy (non-hydrogen) atoms. The van der Waals surface area contributed by atoms with Crippen molar-refractivity contribution in [1.82, 2.24) is 15.5 Å². The van der Waals surface area contributed by atoms with Gasteiger partial charge in [0.15, 0.2) is 0 Å². The van der Waals surface area contributed by atoms with Crippen molar-refractivity contribution in [3.05, 3.63) is 30.3 Å². The van der Waals surface area contributed by atoms with Crippen molar-refractivity contribution in [2.24, 2.45) is 0 Å². The van der Waals surface area contributed by atoms with E-state index in [9.17, 15) is 9.59 Å². The summed E-state index contributed by atoms with van der Waals surface area (Å²) in [5.41, 5.74) is 0.886. The third-order valence-electron chi connectivity index (χ3n) is 4.93. The van der Waals surface area contributed by atoms with Crippen LogP contribution in [0.5, 0.6) is 0 Å². The molecule has 1 aromatic rings. The van der Waals surface area contributed by atoms with Gasteiger partial charge in [-0.15, -0.1) is 0 Å². The van der Waals surface area contributed by atoms with E-state index in [4.69, 9.17) is 0 Å². The summed E-state index contributed by atoms with van der Waals surface area (Å²) in [5, 5.41) is 5.90. The molecule has 0 aliphatic carbocycles. The summed E-state index contributed by atoms with van der Waals surface area (Å²) in [5.74, 6) is 0.0550. The molecule has 0 radical (unpaired) electrons. The fourth-order valence-electron chi connectivity index (χ4n) is 3.65. The van der Waals surface area contributed by atoms with E-state index in [0.717, 1.165) is 25.2 Å². The number of likely N-dealkylation sites (tertiary alicyclic amines) is 1. The van der Waals surface area contributed by atoms with Crippen LogP contribution in [0.1, 0.15) is 26.2 Å². The predicted octanol–water partition coefficient (Wildman–Crippen LogP) is 1.58. The summed E-state index contributed by atoms with van der Waals surface area (Å²) in [6, 6.07) is 9.71. The summed E-state index contributed by atoms with van der Waals surface area (Å²) >= 11 is 0. The number of likely N-dealkylation sites (N-methyl/N-ethyl adjacent to an activating group) is 1. The second-order valence-electron chi connectivity index (χ2n) is 6.52. The lowest BCUT2D eigenvalue weighted by Gasteiger charge is -2.23. The van der Waals surface area contributed by atoms with Gasteiger partial charge in [-0.1, -0.05) is 25.1 Å². The number of hydrogen-bond acceptors (Lipinski definition) is 3. The maximum Gasteiger partial charge on any atom is 0.315 e. The van der Waals surface area contributed by atoms with Gasteiger partial charge in [0.2, 0.25) is 5.91 Å². The number of amides is 3. The lowest BCUT2D eigenvalue weighted by molar-refractivity contribution is -0.117. The second-order valence-corrected chi connectivity index (χ2v) is 6.52. The molecule has 130 valence electrons. The second kappa shape index (κ2) is 7.66. The Labute approximate surface area is 143 Å². The number of rotatable bonds is 5. The van der Waals surface area contributed by atoms with Crippen molar-refractivity contribution in [3.8, 4) is 0 Å². The fourth-order valence-corrected chi connectivity index (χ4v) is 3.65. The van der Waals surface area contributed by atoms with Gasteiger partial charge in [0.25, 0.3) is 0 Å². The molecule has 2 heterocycles. The van der Waals surface area contributed by atoms with E-state index in [2.05, 4.69) is 22.5 Å². The predicted molar refractivity (Wildman–Crippen MR) is 94.0 cm³/mol. The molecule has 2 fully saturated rings. The number of nitrogens with zero attached hydrogens (tertiary/aromatic N) is 2. The zero-order chi connectivity index (χ0) is 16.9. The minimum Gasteiger partial charge on any atom is -0.337 e. The number of benzene rings is 1. The number of urea groups is 1. The highest BCUT2D eigenvalue weighted by molar-refractivity contribution is 5.96. The molecule has 2 aliphatic heterocycles. The lowest BCUT2D eigenvalue weighted by atomic mass is 10.2. The van der Waals surface area contributed by atoms with Crippen LogP contribution in [0.3, 0.4) is 0 Å². The molecule has 2 atom stereocenters. The maximum absolute atomic E-state index is 12.2. The lowest BCUT2D eigenvalue weighted by Crippen LogP contribution is -2.47. The Morgan fingerprint density at radius 1 is 1.29 bits per heavy atom. The Morgan fingerprint density at radius 2 is 2.08 bits per heavy atom. The SMILES string of the molecule is CCN1CCC[C@@H]1CNC(=O)N[C@@H]1CC(=O)N(c2ccccc2)C1. The van der Waals surface area contributed by atoms with Gasteiger partial charge in [-0.2, -0.15) is 0 Å². The normalized spacial score (nSPS) is 24.4.